The summed E-state index contributed by atoms with van der Waals surface area (Å²) in [5.74, 6) is -4.14. The molecule has 17 nitrogen and oxygen atoms in total. The van der Waals surface area contributed by atoms with Gasteiger partial charge in [0.1, 0.15) is 23.9 Å². The summed E-state index contributed by atoms with van der Waals surface area (Å²) in [4.78, 5) is 21.8. The standard InChI is InChI=1S/C41H76N2O15/c1-15-29-41(10,49)34(45)24(4)31(42-53-21-52-17-16-50-13)22(2)19-39(8,48)36(58-38-32(44)28(43(11)12)18-23(3)54-38)25(5)33(26(6)37(47)56-29)57-30-20-40(9,51-14)35(46)27(7)55-30/h22-30,32-36,38,44-46,48-49H,15-21H2,1-14H3/b42-31-/t22-,23-,24+,25+,26-,27+,28-,29-,30-,32+,33+,34-,35-,36-,38+,39-,40+,41-/m1/s1. The first-order chi connectivity index (χ1) is 27.0. The molecule has 0 bridgehead atoms. The lowest BCUT2D eigenvalue weighted by molar-refractivity contribution is -0.317. The van der Waals surface area contributed by atoms with E-state index in [1.165, 1.54) is 14.0 Å². The van der Waals surface area contributed by atoms with Gasteiger partial charge in [-0.3, -0.25) is 4.79 Å². The fourth-order valence-corrected chi connectivity index (χ4v) is 8.93. The van der Waals surface area contributed by atoms with E-state index in [0.717, 1.165) is 0 Å². The molecule has 3 fully saturated rings. The second kappa shape index (κ2) is 21.5. The van der Waals surface area contributed by atoms with E-state index in [2.05, 4.69) is 5.16 Å². The third kappa shape index (κ3) is 12.1. The minimum absolute atomic E-state index is 0.0307. The van der Waals surface area contributed by atoms with E-state index in [1.807, 2.05) is 32.8 Å². The van der Waals surface area contributed by atoms with Gasteiger partial charge in [0.25, 0.3) is 0 Å². The first kappa shape index (κ1) is 50.8. The van der Waals surface area contributed by atoms with Crippen LogP contribution in [0.15, 0.2) is 5.16 Å². The summed E-state index contributed by atoms with van der Waals surface area (Å²) in [5.41, 5.74) is -4.49. The van der Waals surface area contributed by atoms with Crippen LogP contribution in [0.25, 0.3) is 0 Å². The average molecular weight is 837 g/mol. The van der Waals surface area contributed by atoms with Crippen LogP contribution in [0.2, 0.25) is 0 Å². The zero-order valence-electron chi connectivity index (χ0n) is 37.3. The molecule has 0 spiro atoms. The molecule has 3 rings (SSSR count). The van der Waals surface area contributed by atoms with E-state index in [4.69, 9.17) is 42.7 Å². The number of hydrogen-bond donors (Lipinski definition) is 5. The third-order valence-corrected chi connectivity index (χ3v) is 12.6. The van der Waals surface area contributed by atoms with Gasteiger partial charge in [0.05, 0.1) is 66.6 Å². The highest BCUT2D eigenvalue weighted by Gasteiger charge is 2.53. The largest absolute Gasteiger partial charge is 0.459 e. The quantitative estimate of drug-likeness (QED) is 0.0778. The molecule has 17 heteroatoms. The topological polar surface area (TPSA) is 217 Å². The molecule has 0 aromatic carbocycles. The summed E-state index contributed by atoms with van der Waals surface area (Å²) in [5, 5.41) is 63.6. The fraction of sp³-hybridized carbons (Fsp3) is 0.951. The molecule has 0 saturated carbocycles. The zero-order chi connectivity index (χ0) is 43.9. The predicted octanol–water partition coefficient (Wildman–Crippen LogP) is 2.21. The predicted molar refractivity (Wildman–Crippen MR) is 212 cm³/mol. The number of rotatable bonds is 13. The Balaban J connectivity index is 2.22. The van der Waals surface area contributed by atoms with E-state index in [-0.39, 0.29) is 44.8 Å². The SMILES string of the molecule is CC[C@H]1OC(=O)[C@H](C)[C@@H](O[C@@H]2C[C@](C)(OC)[C@H](O)[C@H](C)O2)[C@H](C)[C@@H](O[C@@H]2O[C@H](C)C[C@@H](N(C)C)[C@@H]2O)[C@](C)(O)C[C@@H](C)/C(=N/OCOCCOC)[C@H](C)[C@@H](O)[C@]1(C)O. The van der Waals surface area contributed by atoms with Gasteiger partial charge < -0.3 is 73.2 Å². The first-order valence-corrected chi connectivity index (χ1v) is 20.8. The van der Waals surface area contributed by atoms with Gasteiger partial charge in [-0.25, -0.2) is 0 Å². The van der Waals surface area contributed by atoms with Crippen molar-refractivity contribution in [2.75, 3.05) is 48.3 Å². The zero-order valence-corrected chi connectivity index (χ0v) is 37.3. The number of hydrogen-bond acceptors (Lipinski definition) is 17. The highest BCUT2D eigenvalue weighted by atomic mass is 16.7. The Labute approximate surface area is 345 Å². The molecule has 3 aliphatic heterocycles. The monoisotopic (exact) mass is 837 g/mol. The summed E-state index contributed by atoms with van der Waals surface area (Å²) in [6.45, 7) is 17.3. The second-order valence-electron chi connectivity index (χ2n) is 17.7. The Bertz CT molecular complexity index is 1300. The van der Waals surface area contributed by atoms with Crippen molar-refractivity contribution < 1.29 is 73.1 Å². The number of nitrogens with zero attached hydrogens (tertiary/aromatic N) is 2. The minimum Gasteiger partial charge on any atom is -0.459 e. The number of esters is 1. The number of aliphatic hydroxyl groups excluding tert-OH is 3. The van der Waals surface area contributed by atoms with Crippen LogP contribution in [-0.4, -0.2) is 175 Å². The number of carbonyl (C=O) groups excluding carboxylic acids is 1. The van der Waals surface area contributed by atoms with E-state index in [9.17, 15) is 30.3 Å². The van der Waals surface area contributed by atoms with E-state index in [0.29, 0.717) is 18.7 Å². The highest BCUT2D eigenvalue weighted by Crippen LogP contribution is 2.41. The van der Waals surface area contributed by atoms with E-state index < -0.39 is 102 Å². The molecule has 0 aromatic heterocycles. The molecule has 3 aliphatic rings. The fourth-order valence-electron chi connectivity index (χ4n) is 8.93. The smallest absolute Gasteiger partial charge is 0.311 e. The van der Waals surface area contributed by atoms with Gasteiger partial charge in [-0.1, -0.05) is 32.9 Å². The highest BCUT2D eigenvalue weighted by molar-refractivity contribution is 5.88. The lowest BCUT2D eigenvalue weighted by Crippen LogP contribution is -2.61. The number of oxime groups is 1. The molecule has 5 N–H and O–H groups in total. The summed E-state index contributed by atoms with van der Waals surface area (Å²) in [6, 6.07) is -0.328. The van der Waals surface area contributed by atoms with Crippen LogP contribution in [0.3, 0.4) is 0 Å². The Hall–Kier alpha value is -1.58. The molecule has 0 aromatic rings. The van der Waals surface area contributed by atoms with Gasteiger partial charge >= 0.3 is 5.97 Å². The maximum absolute atomic E-state index is 14.3. The maximum Gasteiger partial charge on any atom is 0.311 e. The lowest BCUT2D eigenvalue weighted by Gasteiger charge is -2.49. The number of ether oxygens (including phenoxy) is 8. The number of aliphatic hydroxyl groups is 5. The van der Waals surface area contributed by atoms with Crippen LogP contribution in [-0.2, 0) is 47.5 Å². The van der Waals surface area contributed by atoms with Crippen molar-refractivity contribution in [3.05, 3.63) is 0 Å². The summed E-state index contributed by atoms with van der Waals surface area (Å²) in [6.07, 6.45) is -9.49. The van der Waals surface area contributed by atoms with Gasteiger partial charge in [-0.2, -0.15) is 0 Å². The van der Waals surface area contributed by atoms with Crippen LogP contribution >= 0.6 is 0 Å². The maximum atomic E-state index is 14.3. The van der Waals surface area contributed by atoms with Gasteiger partial charge in [0.15, 0.2) is 12.6 Å². The molecule has 3 heterocycles. The molecule has 0 unspecified atom stereocenters. The molecular weight excluding hydrogens is 760 g/mol. The summed E-state index contributed by atoms with van der Waals surface area (Å²) in [7, 11) is 6.76. The molecule has 0 amide bonds. The molecule has 3 saturated heterocycles. The van der Waals surface area contributed by atoms with E-state index in [1.54, 1.807) is 55.6 Å². The van der Waals surface area contributed by atoms with Crippen molar-refractivity contribution >= 4 is 11.7 Å². The van der Waals surface area contributed by atoms with E-state index >= 15 is 0 Å². The molecule has 0 radical (unpaired) electrons. The van der Waals surface area contributed by atoms with Crippen molar-refractivity contribution in [3.8, 4) is 0 Å². The second-order valence-corrected chi connectivity index (χ2v) is 17.7. The van der Waals surface area contributed by atoms with Crippen LogP contribution in [0.4, 0.5) is 0 Å². The molecule has 18 atom stereocenters. The van der Waals surface area contributed by atoms with Gasteiger partial charge in [-0.05, 0) is 74.9 Å². The Morgan fingerprint density at radius 2 is 1.55 bits per heavy atom. The van der Waals surface area contributed by atoms with Gasteiger partial charge in [0, 0.05) is 44.4 Å². The number of carbonyl (C=O) groups is 1. The first-order valence-electron chi connectivity index (χ1n) is 20.8. The Kier molecular flexibility index (Phi) is 18.8. The summed E-state index contributed by atoms with van der Waals surface area (Å²) >= 11 is 0. The minimum atomic E-state index is -1.97. The lowest BCUT2D eigenvalue weighted by atomic mass is 9.73. The average Bonchev–Trinajstić information content (AvgIpc) is 3.15. The van der Waals surface area contributed by atoms with Crippen molar-refractivity contribution in [3.63, 3.8) is 0 Å². The molecular formula is C41H76N2O15. The van der Waals surface area contributed by atoms with Gasteiger partial charge in [0.2, 0.25) is 6.79 Å². The normalized spacial score (nSPS) is 45.8. The van der Waals surface area contributed by atoms with Crippen LogP contribution in [0, 0.1) is 23.7 Å². The number of cyclic esters (lactones) is 1. The van der Waals surface area contributed by atoms with Crippen LogP contribution in [0.5, 0.6) is 0 Å². The molecule has 340 valence electrons. The number of methoxy groups -OCH3 is 2. The summed E-state index contributed by atoms with van der Waals surface area (Å²) < 4.78 is 48.1. The third-order valence-electron chi connectivity index (χ3n) is 12.6. The number of likely N-dealkylation sites (N-methyl/N-ethyl adjacent to an activating group) is 1. The van der Waals surface area contributed by atoms with Gasteiger partial charge in [-0.15, -0.1) is 0 Å². The van der Waals surface area contributed by atoms with Crippen molar-refractivity contribution in [1.82, 2.24) is 4.90 Å². The molecule has 58 heavy (non-hydrogen) atoms. The Morgan fingerprint density at radius 1 is 0.897 bits per heavy atom. The van der Waals surface area contributed by atoms with Crippen molar-refractivity contribution in [1.29, 1.82) is 0 Å². The van der Waals surface area contributed by atoms with Crippen LogP contribution in [0.1, 0.15) is 94.9 Å². The van der Waals surface area contributed by atoms with Crippen molar-refractivity contribution in [2.24, 2.45) is 28.8 Å². The van der Waals surface area contributed by atoms with Crippen molar-refractivity contribution in [2.45, 2.75) is 179 Å². The molecule has 0 aliphatic carbocycles. The van der Waals surface area contributed by atoms with Crippen LogP contribution < -0.4 is 0 Å². The Morgan fingerprint density at radius 3 is 2.14 bits per heavy atom.